The summed E-state index contributed by atoms with van der Waals surface area (Å²) in [5.41, 5.74) is 3.81. The maximum Gasteiger partial charge on any atom is 0.137 e. The van der Waals surface area contributed by atoms with Crippen molar-refractivity contribution in [2.24, 2.45) is 0 Å². The van der Waals surface area contributed by atoms with Gasteiger partial charge in [0.15, 0.2) is 0 Å². The Balaban J connectivity index is 2.04. The van der Waals surface area contributed by atoms with Gasteiger partial charge in [0.1, 0.15) is 11.0 Å². The molecule has 0 aliphatic heterocycles. The second-order valence-corrected chi connectivity index (χ2v) is 5.07. The second-order valence-electron chi connectivity index (χ2n) is 4.68. The molecule has 1 atom stereocenters. The van der Waals surface area contributed by atoms with Gasteiger partial charge in [0, 0.05) is 11.6 Å². The molecule has 18 heavy (non-hydrogen) atoms. The van der Waals surface area contributed by atoms with E-state index in [1.54, 1.807) is 0 Å². The first-order valence-electron chi connectivity index (χ1n) is 6.39. The first-order valence-corrected chi connectivity index (χ1v) is 6.77. The van der Waals surface area contributed by atoms with Crippen LogP contribution < -0.4 is 0 Å². The minimum Gasteiger partial charge on any atom is -0.237 e. The largest absolute Gasteiger partial charge is 0.237 e. The van der Waals surface area contributed by atoms with E-state index in [1.807, 2.05) is 6.07 Å². The third kappa shape index (κ3) is 2.01. The monoisotopic (exact) mass is 258 g/mol. The van der Waals surface area contributed by atoms with E-state index in [2.05, 4.69) is 41.2 Å². The molecule has 0 fully saturated rings. The lowest BCUT2D eigenvalue weighted by molar-refractivity contribution is 0.719. The minimum atomic E-state index is 0.310. The first-order chi connectivity index (χ1) is 8.78. The Hall–Kier alpha value is -1.41. The third-order valence-corrected chi connectivity index (χ3v) is 3.77. The summed E-state index contributed by atoms with van der Waals surface area (Å²) >= 11 is 6.08. The fraction of sp³-hybridized carbons (Fsp3) is 0.333. The minimum absolute atomic E-state index is 0.310. The number of benzene rings is 1. The van der Waals surface area contributed by atoms with E-state index in [0.29, 0.717) is 11.1 Å². The van der Waals surface area contributed by atoms with Crippen molar-refractivity contribution >= 4 is 11.6 Å². The van der Waals surface area contributed by atoms with E-state index >= 15 is 0 Å². The zero-order valence-electron chi connectivity index (χ0n) is 10.4. The average molecular weight is 259 g/mol. The first kappa shape index (κ1) is 11.7. The van der Waals surface area contributed by atoms with Crippen molar-refractivity contribution in [3.05, 3.63) is 58.1 Å². The fourth-order valence-corrected chi connectivity index (χ4v) is 2.86. The SMILES string of the molecule is CCc1cc(Cl)nc(C2CCc3ccccc32)n1. The van der Waals surface area contributed by atoms with E-state index in [-0.39, 0.29) is 0 Å². The van der Waals surface area contributed by atoms with E-state index in [1.165, 1.54) is 11.1 Å². The summed E-state index contributed by atoms with van der Waals surface area (Å²) < 4.78 is 0. The Morgan fingerprint density at radius 3 is 2.94 bits per heavy atom. The molecule has 1 aromatic heterocycles. The van der Waals surface area contributed by atoms with Crippen LogP contribution in [0.5, 0.6) is 0 Å². The summed E-state index contributed by atoms with van der Waals surface area (Å²) in [7, 11) is 0. The van der Waals surface area contributed by atoms with Crippen LogP contribution in [0.15, 0.2) is 30.3 Å². The molecular formula is C15H15ClN2. The van der Waals surface area contributed by atoms with Crippen molar-refractivity contribution in [2.75, 3.05) is 0 Å². The molecule has 92 valence electrons. The van der Waals surface area contributed by atoms with E-state index in [0.717, 1.165) is 30.8 Å². The number of halogens is 1. The summed E-state index contributed by atoms with van der Waals surface area (Å²) in [5, 5.41) is 0.557. The van der Waals surface area contributed by atoms with Crippen molar-refractivity contribution in [3.8, 4) is 0 Å². The van der Waals surface area contributed by atoms with Crippen molar-refractivity contribution in [1.29, 1.82) is 0 Å². The van der Waals surface area contributed by atoms with Gasteiger partial charge in [-0.2, -0.15) is 0 Å². The van der Waals surface area contributed by atoms with Crippen LogP contribution in [0.4, 0.5) is 0 Å². The van der Waals surface area contributed by atoms with Crippen molar-refractivity contribution in [3.63, 3.8) is 0 Å². The smallest absolute Gasteiger partial charge is 0.137 e. The van der Waals surface area contributed by atoms with Crippen molar-refractivity contribution in [2.45, 2.75) is 32.1 Å². The van der Waals surface area contributed by atoms with Gasteiger partial charge in [0.05, 0.1) is 0 Å². The highest BCUT2D eigenvalue weighted by Crippen LogP contribution is 2.36. The molecule has 2 nitrogen and oxygen atoms in total. The standard InChI is InChI=1S/C15H15ClN2/c1-2-11-9-14(16)18-15(17-11)13-8-7-10-5-3-4-6-12(10)13/h3-6,9,13H,2,7-8H2,1H3. The number of fused-ring (bicyclic) bond motifs is 1. The topological polar surface area (TPSA) is 25.8 Å². The molecular weight excluding hydrogens is 244 g/mol. The van der Waals surface area contributed by atoms with Crippen LogP contribution in [0.3, 0.4) is 0 Å². The molecule has 3 heteroatoms. The van der Waals surface area contributed by atoms with Crippen LogP contribution in [0.25, 0.3) is 0 Å². The molecule has 2 aromatic rings. The van der Waals surface area contributed by atoms with Crippen LogP contribution >= 0.6 is 11.6 Å². The molecule has 0 N–H and O–H groups in total. The predicted octanol–water partition coefficient (Wildman–Crippen LogP) is 3.77. The Labute approximate surface area is 112 Å². The molecule has 0 bridgehead atoms. The van der Waals surface area contributed by atoms with Crippen LogP contribution in [0.1, 0.15) is 41.9 Å². The van der Waals surface area contributed by atoms with Crippen LogP contribution in [-0.4, -0.2) is 9.97 Å². The molecule has 0 radical (unpaired) electrons. The number of hydrogen-bond acceptors (Lipinski definition) is 2. The Morgan fingerprint density at radius 1 is 1.28 bits per heavy atom. The quantitative estimate of drug-likeness (QED) is 0.767. The predicted molar refractivity (Wildman–Crippen MR) is 73.0 cm³/mol. The van der Waals surface area contributed by atoms with Gasteiger partial charge in [-0.25, -0.2) is 9.97 Å². The molecule has 1 aliphatic rings. The van der Waals surface area contributed by atoms with Gasteiger partial charge < -0.3 is 0 Å². The molecule has 0 amide bonds. The Morgan fingerprint density at radius 2 is 2.11 bits per heavy atom. The molecule has 0 saturated heterocycles. The maximum absolute atomic E-state index is 6.08. The molecule has 1 aliphatic carbocycles. The van der Waals surface area contributed by atoms with Gasteiger partial charge in [0.2, 0.25) is 0 Å². The molecule has 0 spiro atoms. The average Bonchev–Trinajstić information content (AvgIpc) is 2.81. The van der Waals surface area contributed by atoms with Gasteiger partial charge in [-0.05, 0) is 36.5 Å². The van der Waals surface area contributed by atoms with Gasteiger partial charge in [0.25, 0.3) is 0 Å². The highest BCUT2D eigenvalue weighted by atomic mass is 35.5. The normalized spacial score (nSPS) is 17.8. The zero-order chi connectivity index (χ0) is 12.5. The lowest BCUT2D eigenvalue weighted by Crippen LogP contribution is -2.05. The molecule has 1 heterocycles. The fourth-order valence-electron chi connectivity index (χ4n) is 2.65. The van der Waals surface area contributed by atoms with Crippen LogP contribution in [0.2, 0.25) is 5.15 Å². The molecule has 0 saturated carbocycles. The third-order valence-electron chi connectivity index (χ3n) is 3.57. The number of aryl methyl sites for hydroxylation is 2. The maximum atomic E-state index is 6.08. The molecule has 1 unspecified atom stereocenters. The summed E-state index contributed by atoms with van der Waals surface area (Å²) in [4.78, 5) is 9.05. The van der Waals surface area contributed by atoms with Crippen molar-refractivity contribution < 1.29 is 0 Å². The summed E-state index contributed by atoms with van der Waals surface area (Å²) in [5.74, 6) is 1.19. The molecule has 3 rings (SSSR count). The highest BCUT2D eigenvalue weighted by Gasteiger charge is 2.26. The lowest BCUT2D eigenvalue weighted by atomic mass is 10.0. The lowest BCUT2D eigenvalue weighted by Gasteiger charge is -2.11. The van der Waals surface area contributed by atoms with E-state index in [9.17, 15) is 0 Å². The van der Waals surface area contributed by atoms with Gasteiger partial charge in [-0.15, -0.1) is 0 Å². The Kier molecular flexibility index (Phi) is 3.04. The molecule has 1 aromatic carbocycles. The summed E-state index contributed by atoms with van der Waals surface area (Å²) in [6, 6.07) is 10.4. The number of nitrogens with zero attached hydrogens (tertiary/aromatic N) is 2. The second kappa shape index (κ2) is 4.69. The van der Waals surface area contributed by atoms with Gasteiger partial charge in [-0.3, -0.25) is 0 Å². The van der Waals surface area contributed by atoms with Crippen LogP contribution in [0, 0.1) is 0 Å². The number of hydrogen-bond donors (Lipinski definition) is 0. The summed E-state index contributed by atoms with van der Waals surface area (Å²) in [6.45, 7) is 2.09. The number of rotatable bonds is 2. The summed E-state index contributed by atoms with van der Waals surface area (Å²) in [6.07, 6.45) is 3.09. The number of aromatic nitrogens is 2. The highest BCUT2D eigenvalue weighted by molar-refractivity contribution is 6.29. The zero-order valence-corrected chi connectivity index (χ0v) is 11.1. The van der Waals surface area contributed by atoms with Gasteiger partial charge >= 0.3 is 0 Å². The van der Waals surface area contributed by atoms with Crippen LogP contribution in [-0.2, 0) is 12.8 Å². The van der Waals surface area contributed by atoms with E-state index < -0.39 is 0 Å². The van der Waals surface area contributed by atoms with Crippen molar-refractivity contribution in [1.82, 2.24) is 9.97 Å². The van der Waals surface area contributed by atoms with E-state index in [4.69, 9.17) is 11.6 Å². The Bertz CT molecular complexity index is 580. The van der Waals surface area contributed by atoms with Gasteiger partial charge in [-0.1, -0.05) is 42.8 Å².